The second-order valence-electron chi connectivity index (χ2n) is 6.68. The maximum absolute atomic E-state index is 13.9. The van der Waals surface area contributed by atoms with E-state index in [1.807, 2.05) is 0 Å². The molecule has 7 heteroatoms. The Hall–Kier alpha value is -2.02. The molecule has 1 aromatic carbocycles. The summed E-state index contributed by atoms with van der Waals surface area (Å²) in [6.45, 7) is 1.09. The van der Waals surface area contributed by atoms with Crippen LogP contribution in [0.2, 0.25) is 0 Å². The molecule has 1 aliphatic carbocycles. The smallest absolute Gasteiger partial charge is 0.305 e. The first-order chi connectivity index (χ1) is 12.0. The largest absolute Gasteiger partial charge is 0.481 e. The highest BCUT2D eigenvalue weighted by molar-refractivity contribution is 5.83. The highest BCUT2D eigenvalue weighted by atomic mass is 19.1. The van der Waals surface area contributed by atoms with E-state index in [9.17, 15) is 18.4 Å². The predicted molar refractivity (Wildman–Crippen MR) is 85.0 cm³/mol. The fraction of sp³-hybridized carbons (Fsp3) is 0.556. The maximum Gasteiger partial charge on any atom is 0.305 e. The summed E-state index contributed by atoms with van der Waals surface area (Å²) < 4.78 is 32.8. The summed E-state index contributed by atoms with van der Waals surface area (Å²) in [5.74, 6) is -3.00. The van der Waals surface area contributed by atoms with Crippen LogP contribution in [0.4, 0.5) is 8.78 Å². The summed E-state index contributed by atoms with van der Waals surface area (Å²) in [5.41, 5.74) is 0.216. The van der Waals surface area contributed by atoms with Gasteiger partial charge in [-0.15, -0.1) is 0 Å². The number of hydrogen-bond donors (Lipinski definition) is 1. The lowest BCUT2D eigenvalue weighted by atomic mass is 10.1. The van der Waals surface area contributed by atoms with E-state index < -0.39 is 23.5 Å². The average Bonchev–Trinajstić information content (AvgIpc) is 3.20. The van der Waals surface area contributed by atoms with E-state index in [1.54, 1.807) is 0 Å². The molecule has 136 valence electrons. The zero-order chi connectivity index (χ0) is 18.0. The van der Waals surface area contributed by atoms with Gasteiger partial charge < -0.3 is 14.7 Å². The van der Waals surface area contributed by atoms with Crippen molar-refractivity contribution >= 4 is 11.9 Å². The molecule has 1 heterocycles. The molecule has 0 spiro atoms. The standard InChI is InChI=1S/C18H21F2NO4/c19-11-3-4-16(20)14(8-11)13-9-15(13)18(24)21(6-5-17(22)23)10-12-2-1-7-25-12/h3-4,8,12-13,15H,1-2,5-7,9-10H2,(H,22,23)/t12-,13-,15-/m0/s1. The summed E-state index contributed by atoms with van der Waals surface area (Å²) in [7, 11) is 0. The molecule has 1 saturated carbocycles. The SMILES string of the molecule is O=C(O)CCN(C[C@@H]1CCCO1)C(=O)[C@H]1C[C@H]1c1cc(F)ccc1F. The number of rotatable bonds is 7. The number of carbonyl (C=O) groups is 2. The lowest BCUT2D eigenvalue weighted by Crippen LogP contribution is -2.39. The van der Waals surface area contributed by atoms with Crippen molar-refractivity contribution in [1.82, 2.24) is 4.90 Å². The van der Waals surface area contributed by atoms with E-state index >= 15 is 0 Å². The third kappa shape index (κ3) is 4.34. The first-order valence-corrected chi connectivity index (χ1v) is 8.53. The van der Waals surface area contributed by atoms with Crippen LogP contribution in [0.15, 0.2) is 18.2 Å². The molecule has 25 heavy (non-hydrogen) atoms. The van der Waals surface area contributed by atoms with Crippen LogP contribution in [-0.2, 0) is 14.3 Å². The van der Waals surface area contributed by atoms with Crippen LogP contribution < -0.4 is 0 Å². The minimum Gasteiger partial charge on any atom is -0.481 e. The Morgan fingerprint density at radius 3 is 2.80 bits per heavy atom. The van der Waals surface area contributed by atoms with E-state index in [0.29, 0.717) is 19.6 Å². The minimum absolute atomic E-state index is 0.0825. The van der Waals surface area contributed by atoms with Crippen molar-refractivity contribution in [1.29, 1.82) is 0 Å². The minimum atomic E-state index is -0.978. The number of halogens is 2. The summed E-state index contributed by atoms with van der Waals surface area (Å²) in [6, 6.07) is 3.25. The van der Waals surface area contributed by atoms with E-state index in [1.165, 1.54) is 4.90 Å². The van der Waals surface area contributed by atoms with Crippen LogP contribution in [0.5, 0.6) is 0 Å². The molecule has 0 bridgehead atoms. The lowest BCUT2D eigenvalue weighted by molar-refractivity contribution is -0.139. The van der Waals surface area contributed by atoms with Gasteiger partial charge in [0.1, 0.15) is 11.6 Å². The van der Waals surface area contributed by atoms with Crippen molar-refractivity contribution in [2.75, 3.05) is 19.7 Å². The van der Waals surface area contributed by atoms with Crippen LogP contribution in [0.1, 0.15) is 37.2 Å². The first-order valence-electron chi connectivity index (χ1n) is 8.53. The third-order valence-electron chi connectivity index (χ3n) is 4.82. The van der Waals surface area contributed by atoms with E-state index in [4.69, 9.17) is 9.84 Å². The molecule has 0 radical (unpaired) electrons. The Balaban J connectivity index is 1.67. The maximum atomic E-state index is 13.9. The molecule has 5 nitrogen and oxygen atoms in total. The predicted octanol–water partition coefficient (Wildman–Crippen LogP) is 2.55. The molecule has 1 aromatic rings. The summed E-state index contributed by atoms with van der Waals surface area (Å²) >= 11 is 0. The Morgan fingerprint density at radius 1 is 1.32 bits per heavy atom. The molecule has 1 saturated heterocycles. The van der Waals surface area contributed by atoms with Crippen molar-refractivity contribution in [3.8, 4) is 0 Å². The van der Waals surface area contributed by atoms with Gasteiger partial charge in [0.2, 0.25) is 5.91 Å². The average molecular weight is 353 g/mol. The molecular weight excluding hydrogens is 332 g/mol. The Kier molecular flexibility index (Phi) is 5.32. The molecule has 3 rings (SSSR count). The molecular formula is C18H21F2NO4. The highest BCUT2D eigenvalue weighted by Gasteiger charge is 2.47. The van der Waals surface area contributed by atoms with Crippen molar-refractivity contribution in [3.63, 3.8) is 0 Å². The number of carboxylic acid groups (broad SMARTS) is 1. The molecule has 0 aromatic heterocycles. The van der Waals surface area contributed by atoms with Gasteiger partial charge >= 0.3 is 5.97 Å². The second-order valence-corrected chi connectivity index (χ2v) is 6.68. The molecule has 1 amide bonds. The van der Waals surface area contributed by atoms with Crippen LogP contribution >= 0.6 is 0 Å². The Labute approximate surface area is 144 Å². The van der Waals surface area contributed by atoms with Crippen molar-refractivity contribution < 1.29 is 28.2 Å². The van der Waals surface area contributed by atoms with Gasteiger partial charge in [-0.3, -0.25) is 9.59 Å². The third-order valence-corrected chi connectivity index (χ3v) is 4.82. The van der Waals surface area contributed by atoms with Crippen LogP contribution in [0.25, 0.3) is 0 Å². The van der Waals surface area contributed by atoms with E-state index in [2.05, 4.69) is 0 Å². The zero-order valence-electron chi connectivity index (χ0n) is 13.8. The van der Waals surface area contributed by atoms with Crippen LogP contribution in [0, 0.1) is 17.6 Å². The molecule has 2 aliphatic rings. The van der Waals surface area contributed by atoms with Crippen LogP contribution in [-0.4, -0.2) is 47.7 Å². The van der Waals surface area contributed by atoms with Crippen molar-refractivity contribution in [2.45, 2.75) is 37.7 Å². The molecule has 2 fully saturated rings. The number of carboxylic acids is 1. The van der Waals surface area contributed by atoms with Gasteiger partial charge in [-0.1, -0.05) is 0 Å². The lowest BCUT2D eigenvalue weighted by Gasteiger charge is -2.25. The van der Waals surface area contributed by atoms with Gasteiger partial charge in [0.25, 0.3) is 0 Å². The molecule has 1 aliphatic heterocycles. The quantitative estimate of drug-likeness (QED) is 0.818. The van der Waals surface area contributed by atoms with E-state index in [0.717, 1.165) is 31.0 Å². The summed E-state index contributed by atoms with van der Waals surface area (Å²) in [5, 5.41) is 8.90. The fourth-order valence-electron chi connectivity index (χ4n) is 3.40. The highest BCUT2D eigenvalue weighted by Crippen LogP contribution is 2.49. The number of ether oxygens (including phenoxy) is 1. The number of hydrogen-bond acceptors (Lipinski definition) is 3. The van der Waals surface area contributed by atoms with Gasteiger partial charge in [-0.05, 0) is 48.9 Å². The number of nitrogens with zero attached hydrogens (tertiary/aromatic N) is 1. The Morgan fingerprint density at radius 2 is 2.12 bits per heavy atom. The Bertz CT molecular complexity index is 660. The first kappa shape index (κ1) is 17.8. The fourth-order valence-corrected chi connectivity index (χ4v) is 3.40. The zero-order valence-corrected chi connectivity index (χ0v) is 13.8. The van der Waals surface area contributed by atoms with Crippen LogP contribution in [0.3, 0.4) is 0 Å². The molecule has 3 atom stereocenters. The normalized spacial score (nSPS) is 25.0. The van der Waals surface area contributed by atoms with Gasteiger partial charge in [-0.25, -0.2) is 8.78 Å². The topological polar surface area (TPSA) is 66.8 Å². The monoisotopic (exact) mass is 353 g/mol. The number of carbonyl (C=O) groups excluding carboxylic acids is 1. The second kappa shape index (κ2) is 7.47. The number of benzene rings is 1. The van der Waals surface area contributed by atoms with Gasteiger partial charge in [0.15, 0.2) is 0 Å². The van der Waals surface area contributed by atoms with Crippen molar-refractivity contribution in [3.05, 3.63) is 35.4 Å². The van der Waals surface area contributed by atoms with E-state index in [-0.39, 0.29) is 36.5 Å². The number of amides is 1. The van der Waals surface area contributed by atoms with Crippen molar-refractivity contribution in [2.24, 2.45) is 5.92 Å². The summed E-state index contributed by atoms with van der Waals surface area (Å²) in [6.07, 6.45) is 1.98. The number of aliphatic carboxylic acids is 1. The van der Waals surface area contributed by atoms with Gasteiger partial charge in [-0.2, -0.15) is 0 Å². The molecule has 1 N–H and O–H groups in total. The van der Waals surface area contributed by atoms with Gasteiger partial charge in [0.05, 0.1) is 12.5 Å². The molecule has 0 unspecified atom stereocenters. The summed E-state index contributed by atoms with van der Waals surface area (Å²) in [4.78, 5) is 25.1. The van der Waals surface area contributed by atoms with Gasteiger partial charge in [0, 0.05) is 25.6 Å².